The van der Waals surface area contributed by atoms with Crippen LogP contribution in [0.3, 0.4) is 0 Å². The SMILES string of the molecule is O=C(c1cc(Cl)ccc1F)N1CCN(C(=O)c2ccccc2S(=O)(=O)N2CCCCC2)CC1. The lowest BCUT2D eigenvalue weighted by Gasteiger charge is -2.35. The number of carbonyl (C=O) groups excluding carboxylic acids is 2. The second-order valence-electron chi connectivity index (χ2n) is 8.17. The lowest BCUT2D eigenvalue weighted by atomic mass is 10.1. The van der Waals surface area contributed by atoms with Gasteiger partial charge in [0.2, 0.25) is 10.0 Å². The van der Waals surface area contributed by atoms with Crippen LogP contribution in [0.5, 0.6) is 0 Å². The molecule has 2 aromatic carbocycles. The van der Waals surface area contributed by atoms with Gasteiger partial charge in [-0.3, -0.25) is 9.59 Å². The van der Waals surface area contributed by atoms with Crippen molar-refractivity contribution < 1.29 is 22.4 Å². The van der Waals surface area contributed by atoms with Gasteiger partial charge in [-0.15, -0.1) is 0 Å². The average molecular weight is 494 g/mol. The van der Waals surface area contributed by atoms with Gasteiger partial charge < -0.3 is 9.80 Å². The fraction of sp³-hybridized carbons (Fsp3) is 0.391. The zero-order valence-electron chi connectivity index (χ0n) is 18.0. The van der Waals surface area contributed by atoms with Gasteiger partial charge in [-0.05, 0) is 43.2 Å². The Balaban J connectivity index is 1.49. The fourth-order valence-corrected chi connectivity index (χ4v) is 6.10. The van der Waals surface area contributed by atoms with E-state index in [1.807, 2.05) is 0 Å². The van der Waals surface area contributed by atoms with E-state index in [4.69, 9.17) is 11.6 Å². The van der Waals surface area contributed by atoms with Crippen LogP contribution in [0, 0.1) is 5.82 Å². The molecule has 2 aliphatic rings. The first kappa shape index (κ1) is 23.7. The third-order valence-electron chi connectivity index (χ3n) is 6.06. The third-order valence-corrected chi connectivity index (χ3v) is 8.26. The van der Waals surface area contributed by atoms with E-state index in [-0.39, 0.29) is 47.2 Å². The first-order valence-electron chi connectivity index (χ1n) is 10.9. The standard InChI is InChI=1S/C23H25ClFN3O4S/c24-17-8-9-20(25)19(16-17)23(30)27-14-12-26(13-15-27)22(29)18-6-2-3-7-21(18)33(31,32)28-10-4-1-5-11-28/h2-3,6-9,16H,1,4-5,10-15H2. The van der Waals surface area contributed by atoms with E-state index in [1.54, 1.807) is 12.1 Å². The summed E-state index contributed by atoms with van der Waals surface area (Å²) in [5.74, 6) is -1.54. The van der Waals surface area contributed by atoms with Crippen LogP contribution in [0.25, 0.3) is 0 Å². The summed E-state index contributed by atoms with van der Waals surface area (Å²) in [6.45, 7) is 1.74. The van der Waals surface area contributed by atoms with E-state index < -0.39 is 27.7 Å². The maximum Gasteiger partial charge on any atom is 0.257 e. The Bertz CT molecular complexity index is 1160. The summed E-state index contributed by atoms with van der Waals surface area (Å²) in [6.07, 6.45) is 2.60. The van der Waals surface area contributed by atoms with Gasteiger partial charge in [0.25, 0.3) is 11.8 Å². The summed E-state index contributed by atoms with van der Waals surface area (Å²) in [7, 11) is -3.78. The number of halogens is 2. The molecular weight excluding hydrogens is 469 g/mol. The summed E-state index contributed by atoms with van der Waals surface area (Å²) in [6, 6.07) is 10.1. The molecule has 2 amide bonds. The monoisotopic (exact) mass is 493 g/mol. The molecule has 176 valence electrons. The van der Waals surface area contributed by atoms with Crippen LogP contribution in [-0.2, 0) is 10.0 Å². The van der Waals surface area contributed by atoms with Gasteiger partial charge >= 0.3 is 0 Å². The highest BCUT2D eigenvalue weighted by Gasteiger charge is 2.33. The third kappa shape index (κ3) is 4.90. The van der Waals surface area contributed by atoms with Crippen molar-refractivity contribution in [3.8, 4) is 0 Å². The van der Waals surface area contributed by atoms with Crippen LogP contribution < -0.4 is 0 Å². The minimum absolute atomic E-state index is 0.0106. The van der Waals surface area contributed by atoms with E-state index >= 15 is 0 Å². The number of piperidine rings is 1. The average Bonchev–Trinajstić information content (AvgIpc) is 2.85. The number of hydrogen-bond acceptors (Lipinski definition) is 4. The summed E-state index contributed by atoms with van der Waals surface area (Å²) in [4.78, 5) is 29.0. The summed E-state index contributed by atoms with van der Waals surface area (Å²) in [5, 5.41) is 0.264. The molecule has 7 nitrogen and oxygen atoms in total. The van der Waals surface area contributed by atoms with Gasteiger partial charge in [-0.25, -0.2) is 12.8 Å². The molecule has 0 bridgehead atoms. The van der Waals surface area contributed by atoms with Gasteiger partial charge in [0.05, 0.1) is 16.0 Å². The lowest BCUT2D eigenvalue weighted by molar-refractivity contribution is 0.0530. The lowest BCUT2D eigenvalue weighted by Crippen LogP contribution is -2.51. The second kappa shape index (κ2) is 9.79. The smallest absolute Gasteiger partial charge is 0.257 e. The Kier molecular flexibility index (Phi) is 7.02. The largest absolute Gasteiger partial charge is 0.335 e. The first-order valence-corrected chi connectivity index (χ1v) is 12.7. The van der Waals surface area contributed by atoms with Crippen LogP contribution in [0.1, 0.15) is 40.0 Å². The number of amides is 2. The predicted octanol–water partition coefficient (Wildman–Crippen LogP) is 3.25. The number of sulfonamides is 1. The zero-order chi connectivity index (χ0) is 23.6. The highest BCUT2D eigenvalue weighted by molar-refractivity contribution is 7.89. The van der Waals surface area contributed by atoms with E-state index in [2.05, 4.69) is 0 Å². The number of piperazine rings is 1. The molecule has 0 N–H and O–H groups in total. The van der Waals surface area contributed by atoms with Crippen molar-refractivity contribution in [2.45, 2.75) is 24.2 Å². The summed E-state index contributed by atoms with van der Waals surface area (Å²) < 4.78 is 41.9. The molecule has 0 radical (unpaired) electrons. The number of nitrogens with zero attached hydrogens (tertiary/aromatic N) is 3. The molecule has 10 heteroatoms. The maximum atomic E-state index is 14.1. The number of carbonyl (C=O) groups is 2. The molecular formula is C23H25ClFN3O4S. The van der Waals surface area contributed by atoms with Crippen LogP contribution >= 0.6 is 11.6 Å². The molecule has 2 fully saturated rings. The summed E-state index contributed by atoms with van der Waals surface area (Å²) in [5.41, 5.74) is 0.0176. The predicted molar refractivity (Wildman–Crippen MR) is 122 cm³/mol. The zero-order valence-corrected chi connectivity index (χ0v) is 19.6. The highest BCUT2D eigenvalue weighted by atomic mass is 35.5. The van der Waals surface area contributed by atoms with Crippen molar-refractivity contribution in [3.63, 3.8) is 0 Å². The Labute approximate surface area is 197 Å². The minimum atomic E-state index is -3.78. The molecule has 0 spiro atoms. The van der Waals surface area contributed by atoms with E-state index in [0.717, 1.165) is 25.3 Å². The molecule has 0 atom stereocenters. The van der Waals surface area contributed by atoms with Gasteiger partial charge in [0, 0.05) is 44.3 Å². The molecule has 2 saturated heterocycles. The minimum Gasteiger partial charge on any atom is -0.335 e. The highest BCUT2D eigenvalue weighted by Crippen LogP contribution is 2.25. The van der Waals surface area contributed by atoms with Crippen LogP contribution in [0.15, 0.2) is 47.4 Å². The van der Waals surface area contributed by atoms with E-state index in [9.17, 15) is 22.4 Å². The van der Waals surface area contributed by atoms with Crippen LogP contribution in [0.2, 0.25) is 5.02 Å². The quantitative estimate of drug-likeness (QED) is 0.655. The molecule has 2 aliphatic heterocycles. The van der Waals surface area contributed by atoms with Gasteiger partial charge in [-0.1, -0.05) is 30.2 Å². The van der Waals surface area contributed by atoms with Gasteiger partial charge in [0.15, 0.2) is 0 Å². The van der Waals surface area contributed by atoms with Crippen LogP contribution in [-0.4, -0.2) is 73.6 Å². The van der Waals surface area contributed by atoms with Crippen molar-refractivity contribution in [1.82, 2.24) is 14.1 Å². The Morgan fingerprint density at radius 1 is 0.788 bits per heavy atom. The molecule has 4 rings (SSSR count). The van der Waals surface area contributed by atoms with E-state index in [0.29, 0.717) is 13.1 Å². The number of hydrogen-bond donors (Lipinski definition) is 0. The van der Waals surface area contributed by atoms with E-state index in [1.165, 1.54) is 38.4 Å². The Hall–Kier alpha value is -2.49. The normalized spacial score (nSPS) is 17.8. The molecule has 2 heterocycles. The molecule has 0 aliphatic carbocycles. The molecule has 0 unspecified atom stereocenters. The van der Waals surface area contributed by atoms with Crippen molar-refractivity contribution in [2.24, 2.45) is 0 Å². The molecule has 0 aromatic heterocycles. The van der Waals surface area contributed by atoms with Crippen LogP contribution in [0.4, 0.5) is 4.39 Å². The summed E-state index contributed by atoms with van der Waals surface area (Å²) >= 11 is 5.90. The van der Waals surface area contributed by atoms with Gasteiger partial charge in [0.1, 0.15) is 5.82 Å². The molecule has 0 saturated carbocycles. The topological polar surface area (TPSA) is 78.0 Å². The van der Waals surface area contributed by atoms with Crippen molar-refractivity contribution in [1.29, 1.82) is 0 Å². The Morgan fingerprint density at radius 3 is 2.00 bits per heavy atom. The number of rotatable bonds is 4. The van der Waals surface area contributed by atoms with Gasteiger partial charge in [-0.2, -0.15) is 4.31 Å². The molecule has 33 heavy (non-hydrogen) atoms. The van der Waals surface area contributed by atoms with Crippen molar-refractivity contribution in [3.05, 3.63) is 64.4 Å². The maximum absolute atomic E-state index is 14.1. The van der Waals surface area contributed by atoms with Crippen molar-refractivity contribution >= 4 is 33.4 Å². The number of benzene rings is 2. The Morgan fingerprint density at radius 2 is 1.36 bits per heavy atom. The second-order valence-corrected chi connectivity index (χ2v) is 10.5. The molecule has 2 aromatic rings. The van der Waals surface area contributed by atoms with Crippen molar-refractivity contribution in [2.75, 3.05) is 39.3 Å². The fourth-order valence-electron chi connectivity index (χ4n) is 4.23. The first-order chi connectivity index (χ1) is 15.8.